The summed E-state index contributed by atoms with van der Waals surface area (Å²) in [5, 5.41) is 10.8. The Kier molecular flexibility index (Phi) is 6.69. The van der Waals surface area contributed by atoms with Crippen molar-refractivity contribution in [3.63, 3.8) is 0 Å². The molecule has 1 N–H and O–H groups in total. The standard InChI is InChI=1S/C23H24BCl2N3O/c24-16-9-7-15(8-10-16)22-14-20(23(30)27-18-5-3-1-2-4-6-18)28-29(22)21-12-11-17(25)13-19(21)26/h7-13,18,22H,1-6,14H2,(H,27,30). The highest BCUT2D eigenvalue weighted by atomic mass is 35.5. The molecule has 1 amide bonds. The average molecular weight is 440 g/mol. The quantitative estimate of drug-likeness (QED) is 0.541. The molecule has 0 aromatic heterocycles. The Bertz CT molecular complexity index is 940. The molecule has 1 unspecified atom stereocenters. The fourth-order valence-electron chi connectivity index (χ4n) is 4.21. The molecule has 0 saturated heterocycles. The summed E-state index contributed by atoms with van der Waals surface area (Å²) in [5.41, 5.74) is 2.96. The summed E-state index contributed by atoms with van der Waals surface area (Å²) in [5.74, 6) is -0.0880. The van der Waals surface area contributed by atoms with Crippen LogP contribution in [0.25, 0.3) is 0 Å². The van der Waals surface area contributed by atoms with E-state index in [1.165, 1.54) is 12.8 Å². The Labute approximate surface area is 189 Å². The van der Waals surface area contributed by atoms with E-state index in [9.17, 15) is 4.79 Å². The summed E-state index contributed by atoms with van der Waals surface area (Å²) in [6.45, 7) is 0. The SMILES string of the molecule is [B]c1ccc(C2CC(C(=O)NC3CCCCCC3)=NN2c2ccc(Cl)cc2Cl)cc1. The van der Waals surface area contributed by atoms with Gasteiger partial charge in [-0.15, -0.1) is 0 Å². The molecular weight excluding hydrogens is 416 g/mol. The minimum absolute atomic E-state index is 0.0880. The van der Waals surface area contributed by atoms with Crippen LogP contribution in [0.1, 0.15) is 56.6 Å². The van der Waals surface area contributed by atoms with Gasteiger partial charge in [0.15, 0.2) is 0 Å². The highest BCUT2D eigenvalue weighted by Gasteiger charge is 2.34. The summed E-state index contributed by atoms with van der Waals surface area (Å²) in [4.78, 5) is 13.0. The normalized spacial score (nSPS) is 20.0. The first-order chi connectivity index (χ1) is 14.5. The summed E-state index contributed by atoms with van der Waals surface area (Å²) in [7, 11) is 5.86. The van der Waals surface area contributed by atoms with Crippen LogP contribution in [-0.2, 0) is 4.79 Å². The van der Waals surface area contributed by atoms with E-state index in [-0.39, 0.29) is 18.0 Å². The predicted molar refractivity (Wildman–Crippen MR) is 125 cm³/mol. The fourth-order valence-corrected chi connectivity index (χ4v) is 4.70. The number of hydrogen-bond donors (Lipinski definition) is 1. The molecule has 2 aliphatic rings. The van der Waals surface area contributed by atoms with Crippen LogP contribution in [0.15, 0.2) is 47.6 Å². The van der Waals surface area contributed by atoms with Crippen LogP contribution in [0.4, 0.5) is 5.69 Å². The van der Waals surface area contributed by atoms with Crippen molar-refractivity contribution >= 4 is 53.8 Å². The van der Waals surface area contributed by atoms with Gasteiger partial charge in [-0.3, -0.25) is 9.80 Å². The maximum absolute atomic E-state index is 13.0. The molecule has 1 heterocycles. The first-order valence-electron chi connectivity index (χ1n) is 10.5. The number of halogens is 2. The number of rotatable bonds is 4. The monoisotopic (exact) mass is 439 g/mol. The van der Waals surface area contributed by atoms with Crippen LogP contribution >= 0.6 is 23.2 Å². The Morgan fingerprint density at radius 3 is 2.40 bits per heavy atom. The number of benzene rings is 2. The first-order valence-corrected chi connectivity index (χ1v) is 11.2. The van der Waals surface area contributed by atoms with Crippen molar-refractivity contribution in [1.82, 2.24) is 5.32 Å². The minimum atomic E-state index is -0.140. The largest absolute Gasteiger partial charge is 0.348 e. The molecule has 4 rings (SSSR count). The molecule has 0 bridgehead atoms. The van der Waals surface area contributed by atoms with E-state index in [4.69, 9.17) is 36.1 Å². The van der Waals surface area contributed by atoms with E-state index in [0.29, 0.717) is 27.6 Å². The average Bonchev–Trinajstić information content (AvgIpc) is 3.00. The van der Waals surface area contributed by atoms with E-state index in [2.05, 4.69) is 5.32 Å². The molecule has 2 aromatic rings. The molecule has 2 aromatic carbocycles. The molecule has 1 aliphatic heterocycles. The molecule has 154 valence electrons. The highest BCUT2D eigenvalue weighted by Crippen LogP contribution is 2.39. The zero-order valence-corrected chi connectivity index (χ0v) is 18.3. The molecular formula is C23H24BCl2N3O. The number of carbonyl (C=O) groups is 1. The summed E-state index contributed by atoms with van der Waals surface area (Å²) in [6, 6.07) is 13.1. The van der Waals surface area contributed by atoms with Gasteiger partial charge in [0.1, 0.15) is 13.6 Å². The van der Waals surface area contributed by atoms with Crippen LogP contribution in [0.2, 0.25) is 10.0 Å². The smallest absolute Gasteiger partial charge is 0.267 e. The maximum Gasteiger partial charge on any atom is 0.267 e. The van der Waals surface area contributed by atoms with Gasteiger partial charge in [-0.1, -0.05) is 78.6 Å². The molecule has 30 heavy (non-hydrogen) atoms. The van der Waals surface area contributed by atoms with Gasteiger partial charge >= 0.3 is 0 Å². The predicted octanol–water partition coefficient (Wildman–Crippen LogP) is 4.93. The summed E-state index contributed by atoms with van der Waals surface area (Å²) < 4.78 is 0. The van der Waals surface area contributed by atoms with Gasteiger partial charge in [-0.05, 0) is 36.6 Å². The van der Waals surface area contributed by atoms with Gasteiger partial charge in [0.25, 0.3) is 5.91 Å². The minimum Gasteiger partial charge on any atom is -0.348 e. The number of amides is 1. The van der Waals surface area contributed by atoms with Crippen LogP contribution in [0.3, 0.4) is 0 Å². The molecule has 7 heteroatoms. The van der Waals surface area contributed by atoms with E-state index in [1.54, 1.807) is 12.1 Å². The third-order valence-corrected chi connectivity index (χ3v) is 6.38. The van der Waals surface area contributed by atoms with Gasteiger partial charge in [-0.25, -0.2) is 0 Å². The van der Waals surface area contributed by atoms with Gasteiger partial charge in [-0.2, -0.15) is 5.10 Å². The summed E-state index contributed by atoms with van der Waals surface area (Å²) in [6.07, 6.45) is 7.39. The molecule has 1 atom stereocenters. The Morgan fingerprint density at radius 1 is 1.03 bits per heavy atom. The van der Waals surface area contributed by atoms with Gasteiger partial charge in [0.05, 0.1) is 16.8 Å². The number of nitrogens with one attached hydrogen (secondary N) is 1. The van der Waals surface area contributed by atoms with Crippen molar-refractivity contribution in [2.24, 2.45) is 5.10 Å². The highest BCUT2D eigenvalue weighted by molar-refractivity contribution is 6.40. The number of anilines is 1. The molecule has 0 spiro atoms. The van der Waals surface area contributed by atoms with Crippen molar-refractivity contribution in [2.45, 2.75) is 57.0 Å². The van der Waals surface area contributed by atoms with Gasteiger partial charge < -0.3 is 5.32 Å². The molecule has 1 aliphatic carbocycles. The number of carbonyl (C=O) groups excluding carboxylic acids is 1. The second-order valence-corrected chi connectivity index (χ2v) is 8.88. The van der Waals surface area contributed by atoms with E-state index in [0.717, 1.165) is 36.9 Å². The van der Waals surface area contributed by atoms with Crippen molar-refractivity contribution in [3.8, 4) is 0 Å². The van der Waals surface area contributed by atoms with E-state index in [1.807, 2.05) is 35.3 Å². The number of hydrazone groups is 1. The lowest BCUT2D eigenvalue weighted by Crippen LogP contribution is -2.38. The lowest BCUT2D eigenvalue weighted by Gasteiger charge is -2.25. The first kappa shape index (κ1) is 21.3. The zero-order chi connectivity index (χ0) is 21.1. The maximum atomic E-state index is 13.0. The van der Waals surface area contributed by atoms with Crippen LogP contribution < -0.4 is 15.8 Å². The van der Waals surface area contributed by atoms with Gasteiger partial charge in [0, 0.05) is 17.5 Å². The summed E-state index contributed by atoms with van der Waals surface area (Å²) >= 11 is 12.6. The lowest BCUT2D eigenvalue weighted by molar-refractivity contribution is -0.115. The molecule has 2 radical (unpaired) electrons. The fraction of sp³-hybridized carbons (Fsp3) is 0.391. The van der Waals surface area contributed by atoms with Crippen molar-refractivity contribution in [1.29, 1.82) is 0 Å². The van der Waals surface area contributed by atoms with Crippen molar-refractivity contribution < 1.29 is 4.79 Å². The molecule has 4 nitrogen and oxygen atoms in total. The van der Waals surface area contributed by atoms with Crippen molar-refractivity contribution in [2.75, 3.05) is 5.01 Å². The number of nitrogens with zero attached hydrogens (tertiary/aromatic N) is 2. The Morgan fingerprint density at radius 2 is 1.73 bits per heavy atom. The van der Waals surface area contributed by atoms with Crippen LogP contribution in [-0.4, -0.2) is 25.5 Å². The number of hydrogen-bond acceptors (Lipinski definition) is 3. The van der Waals surface area contributed by atoms with E-state index >= 15 is 0 Å². The molecule has 1 fully saturated rings. The topological polar surface area (TPSA) is 44.7 Å². The third kappa shape index (κ3) is 4.84. The Balaban J connectivity index is 1.61. The van der Waals surface area contributed by atoms with Gasteiger partial charge in [0.2, 0.25) is 0 Å². The second-order valence-electron chi connectivity index (χ2n) is 8.04. The van der Waals surface area contributed by atoms with E-state index < -0.39 is 0 Å². The lowest BCUT2D eigenvalue weighted by atomic mass is 9.92. The van der Waals surface area contributed by atoms with Crippen molar-refractivity contribution in [3.05, 3.63) is 58.1 Å². The second kappa shape index (κ2) is 9.44. The van der Waals surface area contributed by atoms with Crippen LogP contribution in [0, 0.1) is 0 Å². The molecule has 1 saturated carbocycles. The third-order valence-electron chi connectivity index (χ3n) is 5.84. The zero-order valence-electron chi connectivity index (χ0n) is 16.8. The van der Waals surface area contributed by atoms with Crippen LogP contribution in [0.5, 0.6) is 0 Å². The Hall–Kier alpha value is -1.98.